The second-order valence-corrected chi connectivity index (χ2v) is 34.2. The van der Waals surface area contributed by atoms with Crippen molar-refractivity contribution in [2.24, 2.45) is 0 Å². The standard InChI is InChI=1S/C81H109N11O24/c1-77(2,3)112-71(101)83-37-56-60(94)62(96)63(97)70(108-56)111-66-52(86-74(104)114-79(7,8)9)35-51(85-73(103)113-78(4,5)6)65(64(66)98)110-69-61(95)58(88-75(105)115-80(10,11)12)59(93)57(109-69)40-91-39-44(89-90-91)34-54(87-72(102)107-41-50-48-30-21-19-28-46(48)47-29-20-22-31-49(47)50)68(100)84-53(67(99)82-36-42-25-17-16-18-26-42)33-43-38-92(76(106)116-81(13,14)15)55-32-24-23-27-45(43)55/h16-32,38-39,50-54,56-66,69-70,93-98H,33-37,40-41H2,1-15H3,(H,82,99)(H,83,101)(H,84,100)(H,85,103)(H,86,104)(H,87,102)(H,88,105)/t51-,52+,53?,54?,56+,57+,58-,59+,60+,61+,62-,63+,64-,65+,66-,69+,70+/m0/s1. The maximum atomic E-state index is 15.4. The van der Waals surface area contributed by atoms with Gasteiger partial charge < -0.3 is 115 Å². The summed E-state index contributed by atoms with van der Waals surface area (Å²) < 4.78 is 61.7. The van der Waals surface area contributed by atoms with Crippen molar-refractivity contribution in [1.29, 1.82) is 0 Å². The maximum absolute atomic E-state index is 15.4. The number of fused-ring (bicyclic) bond motifs is 4. The van der Waals surface area contributed by atoms with Crippen LogP contribution in [0, 0.1) is 0 Å². The molecule has 0 radical (unpaired) electrons. The Morgan fingerprint density at radius 1 is 0.500 bits per heavy atom. The first-order valence-corrected chi connectivity index (χ1v) is 38.4. The van der Waals surface area contributed by atoms with Gasteiger partial charge in [0, 0.05) is 49.6 Å². The molecule has 35 heteroatoms. The number of rotatable bonds is 23. The molecule has 0 spiro atoms. The number of aliphatic hydroxyl groups is 6. The second-order valence-electron chi connectivity index (χ2n) is 34.2. The summed E-state index contributed by atoms with van der Waals surface area (Å²) in [6.07, 6.45) is -27.3. The Hall–Kier alpha value is -10.1. The molecule has 2 aliphatic heterocycles. The Morgan fingerprint density at radius 3 is 1.59 bits per heavy atom. The predicted molar refractivity (Wildman–Crippen MR) is 415 cm³/mol. The molecule has 7 amide bonds. The molecule has 2 aromatic heterocycles. The number of nitrogens with zero attached hydrogens (tertiary/aromatic N) is 4. The number of aromatic nitrogens is 4. The van der Waals surface area contributed by atoms with Crippen molar-refractivity contribution >= 4 is 59.3 Å². The fraction of sp³-hybridized carbons (Fsp3) is 0.556. The average Bonchev–Trinajstić information content (AvgIpc) is 1.38. The normalized spacial score (nSPS) is 24.9. The lowest BCUT2D eigenvalue weighted by Crippen LogP contribution is -2.70. The molecule has 6 aromatic rings. The van der Waals surface area contributed by atoms with E-state index >= 15 is 4.79 Å². The predicted octanol–water partition coefficient (Wildman–Crippen LogP) is 5.50. The lowest BCUT2D eigenvalue weighted by molar-refractivity contribution is -0.333. The van der Waals surface area contributed by atoms with E-state index in [2.05, 4.69) is 47.5 Å². The highest BCUT2D eigenvalue weighted by Gasteiger charge is 2.55. The number of alkyl carbamates (subject to hydrolysis) is 5. The molecule has 4 aliphatic rings. The highest BCUT2D eigenvalue weighted by Crippen LogP contribution is 2.45. The highest BCUT2D eigenvalue weighted by molar-refractivity contribution is 5.95. The minimum absolute atomic E-state index is 0.0119. The number of carbonyl (C=O) groups excluding carboxylic acids is 8. The van der Waals surface area contributed by atoms with E-state index in [4.69, 9.17) is 47.4 Å². The zero-order valence-electron chi connectivity index (χ0n) is 67.6. The lowest BCUT2D eigenvalue weighted by Gasteiger charge is -2.49. The monoisotopic (exact) mass is 1620 g/mol. The third-order valence-corrected chi connectivity index (χ3v) is 18.9. The second kappa shape index (κ2) is 36.6. The Kier molecular flexibility index (Phi) is 27.9. The molecule has 13 N–H and O–H groups in total. The number of hydrogen-bond donors (Lipinski definition) is 13. The van der Waals surface area contributed by atoms with E-state index in [1.807, 2.05) is 54.6 Å². The minimum Gasteiger partial charge on any atom is -0.449 e. The molecule has 17 atom stereocenters. The number of para-hydroxylation sites is 1. The van der Waals surface area contributed by atoms with Crippen molar-refractivity contribution in [3.8, 4) is 11.1 Å². The first-order valence-electron chi connectivity index (χ1n) is 38.4. The van der Waals surface area contributed by atoms with E-state index in [9.17, 15) is 64.2 Å². The van der Waals surface area contributed by atoms with Crippen LogP contribution in [0.15, 0.2) is 116 Å². The summed E-state index contributed by atoms with van der Waals surface area (Å²) in [5, 5.41) is 99.6. The molecule has 3 fully saturated rings. The van der Waals surface area contributed by atoms with Crippen LogP contribution >= 0.6 is 0 Å². The van der Waals surface area contributed by atoms with Crippen LogP contribution in [0.1, 0.15) is 144 Å². The van der Waals surface area contributed by atoms with E-state index in [1.165, 1.54) is 21.6 Å². The smallest absolute Gasteiger partial charge is 0.419 e. The summed E-state index contributed by atoms with van der Waals surface area (Å²) in [7, 11) is 0. The molecule has 1 saturated carbocycles. The van der Waals surface area contributed by atoms with Crippen molar-refractivity contribution in [1.82, 2.24) is 56.8 Å². The number of carbonyl (C=O) groups is 8. The van der Waals surface area contributed by atoms with Gasteiger partial charge in [-0.05, 0) is 150 Å². The molecular weight excluding hydrogens is 1510 g/mol. The highest BCUT2D eigenvalue weighted by atomic mass is 16.7. The van der Waals surface area contributed by atoms with Gasteiger partial charge in [0.25, 0.3) is 0 Å². The first kappa shape index (κ1) is 88.3. The van der Waals surface area contributed by atoms with Crippen LogP contribution < -0.4 is 37.2 Å². The van der Waals surface area contributed by atoms with Crippen LogP contribution in [-0.4, -0.2) is 244 Å². The van der Waals surface area contributed by atoms with Gasteiger partial charge in [-0.15, -0.1) is 5.10 Å². The molecule has 4 aromatic carbocycles. The van der Waals surface area contributed by atoms with Gasteiger partial charge in [0.15, 0.2) is 12.6 Å². The lowest BCUT2D eigenvalue weighted by atomic mass is 9.83. The zero-order valence-corrected chi connectivity index (χ0v) is 67.6. The fourth-order valence-electron chi connectivity index (χ4n) is 14.0. The Morgan fingerprint density at radius 2 is 1.01 bits per heavy atom. The topological polar surface area (TPSA) is 470 Å². The van der Waals surface area contributed by atoms with Crippen LogP contribution in [-0.2, 0) is 82.9 Å². The van der Waals surface area contributed by atoms with Crippen LogP contribution in [0.2, 0.25) is 0 Å². The number of amides is 7. The maximum Gasteiger partial charge on any atom is 0.419 e. The van der Waals surface area contributed by atoms with Gasteiger partial charge in [0.05, 0.1) is 35.9 Å². The van der Waals surface area contributed by atoms with Gasteiger partial charge in [-0.25, -0.2) is 33.4 Å². The number of hydrogen-bond acceptors (Lipinski definition) is 26. The van der Waals surface area contributed by atoms with E-state index in [0.29, 0.717) is 16.5 Å². The van der Waals surface area contributed by atoms with Gasteiger partial charge >= 0.3 is 36.6 Å². The number of nitrogens with one attached hydrogen (secondary N) is 7. The summed E-state index contributed by atoms with van der Waals surface area (Å²) in [6, 6.07) is 23.6. The summed E-state index contributed by atoms with van der Waals surface area (Å²) in [5.41, 5.74) is 0.165. The molecule has 2 aliphatic carbocycles. The summed E-state index contributed by atoms with van der Waals surface area (Å²) in [4.78, 5) is 113. The Bertz CT molecular complexity index is 4380. The van der Waals surface area contributed by atoms with Crippen LogP contribution in [0.5, 0.6) is 0 Å². The Labute approximate surface area is 671 Å². The third-order valence-electron chi connectivity index (χ3n) is 18.9. The van der Waals surface area contributed by atoms with Gasteiger partial charge in [-0.1, -0.05) is 102 Å². The van der Waals surface area contributed by atoms with Crippen molar-refractivity contribution in [2.75, 3.05) is 13.2 Å². The molecule has 0 bridgehead atoms. The zero-order chi connectivity index (χ0) is 84.7. The van der Waals surface area contributed by atoms with Crippen LogP contribution in [0.25, 0.3) is 22.0 Å². The molecule has 10 rings (SSSR count). The van der Waals surface area contributed by atoms with Crippen molar-refractivity contribution in [2.45, 2.75) is 274 Å². The van der Waals surface area contributed by atoms with Gasteiger partial charge in [-0.2, -0.15) is 0 Å². The third kappa shape index (κ3) is 23.6. The van der Waals surface area contributed by atoms with Crippen LogP contribution in [0.3, 0.4) is 0 Å². The fourth-order valence-corrected chi connectivity index (χ4v) is 14.0. The van der Waals surface area contributed by atoms with E-state index in [1.54, 1.807) is 152 Å². The van der Waals surface area contributed by atoms with Gasteiger partial charge in [0.2, 0.25) is 11.8 Å². The van der Waals surface area contributed by atoms with Crippen molar-refractivity contribution in [3.05, 3.63) is 143 Å². The number of aliphatic hydroxyl groups excluding tert-OH is 6. The molecule has 116 heavy (non-hydrogen) atoms. The molecule has 2 unspecified atom stereocenters. The van der Waals surface area contributed by atoms with E-state index in [0.717, 1.165) is 27.8 Å². The minimum atomic E-state index is -2.16. The molecule has 2 saturated heterocycles. The summed E-state index contributed by atoms with van der Waals surface area (Å²) in [6.45, 7) is 23.0. The summed E-state index contributed by atoms with van der Waals surface area (Å²) in [5.74, 6) is -1.95. The largest absolute Gasteiger partial charge is 0.449 e. The quantitative estimate of drug-likeness (QED) is 0.0352. The molecule has 35 nitrogen and oxygen atoms in total. The van der Waals surface area contributed by atoms with E-state index in [-0.39, 0.29) is 25.3 Å². The van der Waals surface area contributed by atoms with E-state index < -0.39 is 212 Å². The van der Waals surface area contributed by atoms with Crippen molar-refractivity contribution < 1.29 is 116 Å². The Balaban J connectivity index is 0.969. The molecule has 632 valence electrons. The molecule has 4 heterocycles. The van der Waals surface area contributed by atoms with Crippen molar-refractivity contribution in [3.63, 3.8) is 0 Å². The van der Waals surface area contributed by atoms with Gasteiger partial charge in [-0.3, -0.25) is 14.2 Å². The average molecular weight is 1620 g/mol. The molecular formula is C81H109N11O24. The summed E-state index contributed by atoms with van der Waals surface area (Å²) >= 11 is 0. The SMILES string of the molecule is CC(C)(C)OC(=O)NC[C@H]1O[C@H](O[C@@H]2[C@@H](O)[C@H](O[C@H]3O[C@H](Cn4cc(CC(NC(=O)OCC5c6ccccc6-c6ccccc65)C(=O)NC(Cc5cn(C(=O)OC(C)(C)C)c6ccccc56)C(=O)NCc5ccccc5)nn4)[C@@H](O)[C@H](NC(=O)OC(C)(C)C)[C@H]3O)[C@@H](NC(=O)OC(C)(C)C)C[C@H]2NC(=O)OC(C)(C)C)[C@H](O)[C@@H](O)[C@@H]1O. The van der Waals surface area contributed by atoms with Crippen LogP contribution in [0.4, 0.5) is 28.8 Å². The first-order chi connectivity index (χ1) is 54.3. The number of benzene rings is 4. The van der Waals surface area contributed by atoms with Gasteiger partial charge in [0.1, 0.15) is 108 Å². The number of ether oxygens (including phenoxy) is 10.